The van der Waals surface area contributed by atoms with Crippen molar-refractivity contribution in [2.24, 2.45) is 11.8 Å². The highest BCUT2D eigenvalue weighted by Crippen LogP contribution is 2.48. The second-order valence-corrected chi connectivity index (χ2v) is 7.75. The maximum absolute atomic E-state index is 11.6. The van der Waals surface area contributed by atoms with Crippen LogP contribution in [0.1, 0.15) is 30.5 Å². The number of fused-ring (bicyclic) bond motifs is 2. The van der Waals surface area contributed by atoms with Gasteiger partial charge in [0.15, 0.2) is 11.5 Å². The maximum atomic E-state index is 11.6. The number of piperidine rings is 1. The van der Waals surface area contributed by atoms with E-state index in [0.29, 0.717) is 0 Å². The van der Waals surface area contributed by atoms with Gasteiger partial charge in [-0.15, -0.1) is 0 Å². The van der Waals surface area contributed by atoms with Crippen LogP contribution >= 0.6 is 0 Å². The van der Waals surface area contributed by atoms with E-state index in [0.717, 1.165) is 49.7 Å². The number of aromatic nitrogens is 1. The van der Waals surface area contributed by atoms with Crippen LogP contribution in [0, 0.1) is 11.8 Å². The highest BCUT2D eigenvalue weighted by atomic mass is 16.5. The van der Waals surface area contributed by atoms with Crippen molar-refractivity contribution in [2.75, 3.05) is 27.3 Å². The lowest BCUT2D eigenvalue weighted by molar-refractivity contribution is -0.151. The fraction of sp³-hybridized carbons (Fsp3) is 0.500. The third-order valence-corrected chi connectivity index (χ3v) is 6.24. The molecule has 1 aliphatic heterocycles. The summed E-state index contributed by atoms with van der Waals surface area (Å²) in [7, 11) is 3.32. The maximum Gasteiger partial charge on any atom is 0.161 e. The van der Waals surface area contributed by atoms with Crippen LogP contribution < -0.4 is 9.47 Å². The number of ether oxygens (including phenoxy) is 2. The van der Waals surface area contributed by atoms with Crippen molar-refractivity contribution in [1.29, 1.82) is 0 Å². The van der Waals surface area contributed by atoms with Gasteiger partial charge < -0.3 is 14.6 Å². The molecule has 1 saturated heterocycles. The number of benzene rings is 1. The minimum absolute atomic E-state index is 0.222. The summed E-state index contributed by atoms with van der Waals surface area (Å²) in [6.45, 7) is 2.63. The molecular weight excluding hydrogens is 340 g/mol. The lowest BCUT2D eigenvalue weighted by Crippen LogP contribution is -2.58. The third-order valence-electron chi connectivity index (χ3n) is 6.24. The first-order valence-electron chi connectivity index (χ1n) is 9.72. The van der Waals surface area contributed by atoms with Crippen LogP contribution in [0.25, 0.3) is 0 Å². The molecule has 2 bridgehead atoms. The standard InChI is InChI=1S/C22H28N2O3/c1-26-19-10-9-16(12-20(19)27-2)13-24-14-17-6-5-7-18(15-24)22(17,25)21-8-3-4-11-23-21/h3-4,8-12,17-18,25H,5-7,13-15H2,1-2H3/t17-,18+,22?. The molecule has 144 valence electrons. The summed E-state index contributed by atoms with van der Waals surface area (Å²) in [6, 6.07) is 12.0. The van der Waals surface area contributed by atoms with Gasteiger partial charge in [0.25, 0.3) is 0 Å². The van der Waals surface area contributed by atoms with E-state index < -0.39 is 5.60 Å². The summed E-state index contributed by atoms with van der Waals surface area (Å²) < 4.78 is 10.8. The summed E-state index contributed by atoms with van der Waals surface area (Å²) in [4.78, 5) is 6.97. The summed E-state index contributed by atoms with van der Waals surface area (Å²) in [5, 5.41) is 11.6. The van der Waals surface area contributed by atoms with Crippen LogP contribution in [0.3, 0.4) is 0 Å². The van der Waals surface area contributed by atoms with Gasteiger partial charge in [-0.2, -0.15) is 0 Å². The largest absolute Gasteiger partial charge is 0.493 e. The smallest absolute Gasteiger partial charge is 0.161 e. The molecule has 5 nitrogen and oxygen atoms in total. The van der Waals surface area contributed by atoms with Crippen LogP contribution in [0.2, 0.25) is 0 Å². The number of hydrogen-bond acceptors (Lipinski definition) is 5. The first-order valence-corrected chi connectivity index (χ1v) is 9.72. The van der Waals surface area contributed by atoms with Gasteiger partial charge >= 0.3 is 0 Å². The third kappa shape index (κ3) is 3.30. The predicted octanol–water partition coefficient (Wildman–Crippen LogP) is 3.22. The number of aliphatic hydroxyl groups is 1. The van der Waals surface area contributed by atoms with Crippen molar-refractivity contribution >= 4 is 0 Å². The molecule has 5 heteroatoms. The van der Waals surface area contributed by atoms with E-state index >= 15 is 0 Å². The minimum Gasteiger partial charge on any atom is -0.493 e. The molecular formula is C22H28N2O3. The molecule has 1 unspecified atom stereocenters. The fourth-order valence-corrected chi connectivity index (χ4v) is 4.93. The molecule has 2 aromatic rings. The number of pyridine rings is 1. The van der Waals surface area contributed by atoms with E-state index in [4.69, 9.17) is 9.47 Å². The molecule has 1 aliphatic carbocycles. The molecule has 1 saturated carbocycles. The van der Waals surface area contributed by atoms with Crippen LogP contribution in [0.5, 0.6) is 11.5 Å². The van der Waals surface area contributed by atoms with Crippen molar-refractivity contribution in [1.82, 2.24) is 9.88 Å². The first-order chi connectivity index (χ1) is 13.1. The van der Waals surface area contributed by atoms with E-state index in [1.165, 1.54) is 12.0 Å². The molecule has 2 fully saturated rings. The van der Waals surface area contributed by atoms with Gasteiger partial charge in [-0.25, -0.2) is 0 Å². The predicted molar refractivity (Wildman–Crippen MR) is 104 cm³/mol. The zero-order chi connectivity index (χ0) is 18.9. The lowest BCUT2D eigenvalue weighted by Gasteiger charge is -2.52. The Morgan fingerprint density at radius 3 is 2.44 bits per heavy atom. The summed E-state index contributed by atoms with van der Waals surface area (Å²) in [5.74, 6) is 1.96. The highest BCUT2D eigenvalue weighted by Gasteiger charge is 2.52. The summed E-state index contributed by atoms with van der Waals surface area (Å²) in [6.07, 6.45) is 5.08. The Kier molecular flexibility index (Phi) is 5.06. The zero-order valence-corrected chi connectivity index (χ0v) is 16.1. The van der Waals surface area contributed by atoms with E-state index in [2.05, 4.69) is 16.0 Å². The second kappa shape index (κ2) is 7.49. The normalized spacial score (nSPS) is 28.0. The molecule has 1 N–H and O–H groups in total. The van der Waals surface area contributed by atoms with Gasteiger partial charge in [-0.05, 0) is 42.7 Å². The fourth-order valence-electron chi connectivity index (χ4n) is 4.93. The Morgan fingerprint density at radius 1 is 1.07 bits per heavy atom. The first kappa shape index (κ1) is 18.3. The van der Waals surface area contributed by atoms with Gasteiger partial charge in [0, 0.05) is 37.7 Å². The van der Waals surface area contributed by atoms with Gasteiger partial charge in [0.05, 0.1) is 19.9 Å². The van der Waals surface area contributed by atoms with E-state index in [-0.39, 0.29) is 11.8 Å². The average molecular weight is 368 g/mol. The van der Waals surface area contributed by atoms with Crippen LogP contribution in [0.4, 0.5) is 0 Å². The Labute approximate surface area is 160 Å². The number of likely N-dealkylation sites (tertiary alicyclic amines) is 1. The van der Waals surface area contributed by atoms with Gasteiger partial charge in [0.1, 0.15) is 5.60 Å². The number of rotatable bonds is 5. The summed E-state index contributed by atoms with van der Waals surface area (Å²) >= 11 is 0. The zero-order valence-electron chi connectivity index (χ0n) is 16.1. The van der Waals surface area contributed by atoms with Gasteiger partial charge in [-0.3, -0.25) is 9.88 Å². The molecule has 0 spiro atoms. The molecule has 27 heavy (non-hydrogen) atoms. The van der Waals surface area contributed by atoms with Crippen LogP contribution in [0.15, 0.2) is 42.6 Å². The average Bonchev–Trinajstić information content (AvgIpc) is 2.69. The molecule has 0 amide bonds. The quantitative estimate of drug-likeness (QED) is 0.878. The van der Waals surface area contributed by atoms with E-state index in [1.807, 2.05) is 30.3 Å². The molecule has 2 heterocycles. The number of nitrogens with zero attached hydrogens (tertiary/aromatic N) is 2. The lowest BCUT2D eigenvalue weighted by atomic mass is 9.64. The topological polar surface area (TPSA) is 54.8 Å². The highest BCUT2D eigenvalue weighted by molar-refractivity contribution is 5.42. The van der Waals surface area contributed by atoms with Crippen LogP contribution in [-0.4, -0.2) is 42.3 Å². The summed E-state index contributed by atoms with van der Waals surface area (Å²) in [5.41, 5.74) is 1.24. The monoisotopic (exact) mass is 368 g/mol. The minimum atomic E-state index is -0.798. The number of methoxy groups -OCH3 is 2. The Bertz CT molecular complexity index is 766. The SMILES string of the molecule is COc1ccc(CN2C[C@H]3CCC[C@@H](C2)C3(O)c2ccccn2)cc1OC. The molecule has 0 radical (unpaired) electrons. The Morgan fingerprint density at radius 2 is 1.81 bits per heavy atom. The van der Waals surface area contributed by atoms with Gasteiger partial charge in [0.2, 0.25) is 0 Å². The van der Waals surface area contributed by atoms with E-state index in [1.54, 1.807) is 20.4 Å². The van der Waals surface area contributed by atoms with Crippen molar-refractivity contribution in [3.63, 3.8) is 0 Å². The van der Waals surface area contributed by atoms with Crippen molar-refractivity contribution in [2.45, 2.75) is 31.4 Å². The Hall–Kier alpha value is -2.11. The van der Waals surface area contributed by atoms with Crippen molar-refractivity contribution in [3.05, 3.63) is 53.9 Å². The van der Waals surface area contributed by atoms with Crippen molar-refractivity contribution in [3.8, 4) is 11.5 Å². The Balaban J connectivity index is 1.54. The molecule has 1 aromatic heterocycles. The van der Waals surface area contributed by atoms with Gasteiger partial charge in [-0.1, -0.05) is 18.6 Å². The molecule has 3 atom stereocenters. The van der Waals surface area contributed by atoms with E-state index in [9.17, 15) is 5.11 Å². The molecule has 4 rings (SSSR count). The van der Waals surface area contributed by atoms with Crippen LogP contribution in [-0.2, 0) is 12.1 Å². The second-order valence-electron chi connectivity index (χ2n) is 7.75. The molecule has 1 aromatic carbocycles. The van der Waals surface area contributed by atoms with Crippen molar-refractivity contribution < 1.29 is 14.6 Å². The number of hydrogen-bond donors (Lipinski definition) is 1. The molecule has 2 aliphatic rings.